The normalized spacial score (nSPS) is 11.5. The molecule has 1 aromatic rings. The Morgan fingerprint density at radius 2 is 2.06 bits per heavy atom. The summed E-state index contributed by atoms with van der Waals surface area (Å²) in [5.41, 5.74) is -2.08. The predicted octanol–water partition coefficient (Wildman–Crippen LogP) is 0.677. The highest BCUT2D eigenvalue weighted by molar-refractivity contribution is 7.89. The molecule has 0 bridgehead atoms. The van der Waals surface area contributed by atoms with Gasteiger partial charge in [0.15, 0.2) is 5.82 Å². The van der Waals surface area contributed by atoms with Crippen molar-refractivity contribution in [1.29, 1.82) is 5.26 Å². The average molecular weight is 251 g/mol. The minimum absolute atomic E-state index is 0.532. The molecule has 1 aromatic heterocycles. The number of alkyl halides is 2. The molecular weight excluding hydrogens is 247 g/mol. The molecule has 16 heavy (non-hydrogen) atoms. The first-order valence-electron chi connectivity index (χ1n) is 3.68. The molecule has 0 fully saturated rings. The van der Waals surface area contributed by atoms with Crippen LogP contribution in [0.15, 0.2) is 11.1 Å². The van der Waals surface area contributed by atoms with Gasteiger partial charge in [-0.2, -0.15) is 5.26 Å². The highest BCUT2D eigenvalue weighted by atomic mass is 32.2. The van der Waals surface area contributed by atoms with E-state index in [1.807, 2.05) is 0 Å². The number of hydrogen-bond acceptors (Lipinski definition) is 4. The molecule has 0 spiro atoms. The van der Waals surface area contributed by atoms with Crippen molar-refractivity contribution in [1.82, 2.24) is 4.98 Å². The van der Waals surface area contributed by atoms with Crippen molar-refractivity contribution < 1.29 is 21.6 Å². The second-order valence-electron chi connectivity index (χ2n) is 2.66. The predicted molar refractivity (Wildman–Crippen MR) is 45.2 cm³/mol. The molecule has 9 heteroatoms. The molecule has 0 aliphatic rings. The maximum absolute atomic E-state index is 13.3. The van der Waals surface area contributed by atoms with E-state index in [2.05, 4.69) is 10.1 Å². The van der Waals surface area contributed by atoms with Crippen LogP contribution in [0, 0.1) is 17.1 Å². The molecule has 5 nitrogen and oxygen atoms in total. The molecule has 1 rings (SSSR count). The van der Waals surface area contributed by atoms with E-state index in [-0.39, 0.29) is 0 Å². The zero-order chi connectivity index (χ0) is 12.5. The van der Waals surface area contributed by atoms with Gasteiger partial charge in [0, 0.05) is 6.20 Å². The molecule has 1 heterocycles. The smallest absolute Gasteiger partial charge is 0.251 e. The molecule has 0 amide bonds. The lowest BCUT2D eigenvalue weighted by Gasteiger charge is -2.06. The first-order chi connectivity index (χ1) is 7.29. The first kappa shape index (κ1) is 12.4. The molecule has 0 unspecified atom stereocenters. The molecule has 0 aliphatic heterocycles. The van der Waals surface area contributed by atoms with Gasteiger partial charge in [0.1, 0.15) is 16.7 Å². The van der Waals surface area contributed by atoms with Crippen molar-refractivity contribution in [2.75, 3.05) is 0 Å². The summed E-state index contributed by atoms with van der Waals surface area (Å²) >= 11 is 0. The van der Waals surface area contributed by atoms with Gasteiger partial charge in [-0.05, 0) is 0 Å². The molecule has 0 saturated heterocycles. The second-order valence-corrected chi connectivity index (χ2v) is 4.16. The van der Waals surface area contributed by atoms with Gasteiger partial charge < -0.3 is 0 Å². The lowest BCUT2D eigenvalue weighted by Crippen LogP contribution is -2.18. The van der Waals surface area contributed by atoms with Crippen molar-refractivity contribution in [3.05, 3.63) is 23.3 Å². The number of aromatic nitrogens is 1. The summed E-state index contributed by atoms with van der Waals surface area (Å²) in [5.74, 6) is -1.79. The van der Waals surface area contributed by atoms with E-state index in [0.717, 1.165) is 0 Å². The molecule has 0 aromatic carbocycles. The molecule has 86 valence electrons. The lowest BCUT2D eigenvalue weighted by atomic mass is 10.2. The Balaban J connectivity index is 3.69. The van der Waals surface area contributed by atoms with E-state index >= 15 is 0 Å². The topological polar surface area (TPSA) is 96.8 Å². The Bertz CT molecular complexity index is 565. The monoisotopic (exact) mass is 251 g/mol. The molecule has 0 aliphatic carbocycles. The maximum Gasteiger partial charge on any atom is 0.283 e. The zero-order valence-corrected chi connectivity index (χ0v) is 8.30. The third kappa shape index (κ3) is 2.12. The number of hydrogen-bond donors (Lipinski definition) is 1. The van der Waals surface area contributed by atoms with Gasteiger partial charge in [-0.1, -0.05) is 0 Å². The summed E-state index contributed by atoms with van der Waals surface area (Å²) in [6.07, 6.45) is -2.77. The summed E-state index contributed by atoms with van der Waals surface area (Å²) in [7, 11) is -4.60. The number of primary sulfonamides is 1. The van der Waals surface area contributed by atoms with E-state index < -0.39 is 38.4 Å². The Hall–Kier alpha value is -1.66. The van der Waals surface area contributed by atoms with E-state index in [4.69, 9.17) is 5.26 Å². The molecule has 0 atom stereocenters. The van der Waals surface area contributed by atoms with Gasteiger partial charge in [-0.15, -0.1) is 0 Å². The van der Waals surface area contributed by atoms with Crippen molar-refractivity contribution in [2.45, 2.75) is 11.3 Å². The van der Waals surface area contributed by atoms with Gasteiger partial charge in [0.25, 0.3) is 6.43 Å². The summed E-state index contributed by atoms with van der Waals surface area (Å²) in [6.45, 7) is 0. The van der Waals surface area contributed by atoms with Crippen LogP contribution < -0.4 is 5.14 Å². The maximum atomic E-state index is 13.3. The van der Waals surface area contributed by atoms with Crippen LogP contribution >= 0.6 is 0 Å². The molecule has 0 radical (unpaired) electrons. The number of nitrogens with two attached hydrogens (primary N) is 1. The van der Waals surface area contributed by atoms with Crippen molar-refractivity contribution in [3.63, 3.8) is 0 Å². The number of nitrogens with zero attached hydrogens (tertiary/aromatic N) is 2. The van der Waals surface area contributed by atoms with Gasteiger partial charge in [-0.3, -0.25) is 4.98 Å². The first-order valence-corrected chi connectivity index (χ1v) is 5.23. The van der Waals surface area contributed by atoms with Crippen LogP contribution in [0.3, 0.4) is 0 Å². The minimum atomic E-state index is -4.60. The fraction of sp³-hybridized carbons (Fsp3) is 0.143. The third-order valence-corrected chi connectivity index (χ3v) is 2.58. The van der Waals surface area contributed by atoms with Crippen molar-refractivity contribution >= 4 is 10.0 Å². The molecule has 0 saturated carbocycles. The van der Waals surface area contributed by atoms with E-state index in [9.17, 15) is 21.6 Å². The summed E-state index contributed by atoms with van der Waals surface area (Å²) in [4.78, 5) is 1.69. The fourth-order valence-corrected chi connectivity index (χ4v) is 1.75. The van der Waals surface area contributed by atoms with Crippen LogP contribution in [0.25, 0.3) is 0 Å². The van der Waals surface area contributed by atoms with E-state index in [0.29, 0.717) is 6.20 Å². The Labute approximate surface area is 88.4 Å². The Morgan fingerprint density at radius 3 is 2.44 bits per heavy atom. The second kappa shape index (κ2) is 4.07. The summed E-state index contributed by atoms with van der Waals surface area (Å²) < 4.78 is 59.6. The van der Waals surface area contributed by atoms with Gasteiger partial charge in [0.05, 0.1) is 5.56 Å². The highest BCUT2D eigenvalue weighted by Crippen LogP contribution is 2.25. The number of pyridine rings is 1. The van der Waals surface area contributed by atoms with Crippen LogP contribution in [-0.4, -0.2) is 13.4 Å². The van der Waals surface area contributed by atoms with Gasteiger partial charge in [-0.25, -0.2) is 26.7 Å². The quantitative estimate of drug-likeness (QED) is 0.835. The average Bonchev–Trinajstić information content (AvgIpc) is 2.14. The van der Waals surface area contributed by atoms with E-state index in [1.165, 1.54) is 6.07 Å². The Morgan fingerprint density at radius 1 is 1.50 bits per heavy atom. The van der Waals surface area contributed by atoms with Crippen molar-refractivity contribution in [3.8, 4) is 6.07 Å². The van der Waals surface area contributed by atoms with Crippen LogP contribution in [0.4, 0.5) is 13.2 Å². The van der Waals surface area contributed by atoms with Crippen LogP contribution in [0.2, 0.25) is 0 Å². The highest BCUT2D eigenvalue weighted by Gasteiger charge is 2.27. The van der Waals surface area contributed by atoms with Crippen LogP contribution in [0.5, 0.6) is 0 Å². The Kier molecular flexibility index (Phi) is 3.16. The van der Waals surface area contributed by atoms with E-state index in [1.54, 1.807) is 0 Å². The summed E-state index contributed by atoms with van der Waals surface area (Å²) in [6, 6.07) is 1.30. The fourth-order valence-electron chi connectivity index (χ4n) is 0.994. The van der Waals surface area contributed by atoms with Crippen LogP contribution in [-0.2, 0) is 10.0 Å². The number of rotatable bonds is 2. The number of nitriles is 1. The van der Waals surface area contributed by atoms with Crippen LogP contribution in [0.1, 0.15) is 17.7 Å². The zero-order valence-electron chi connectivity index (χ0n) is 7.49. The van der Waals surface area contributed by atoms with Crippen molar-refractivity contribution in [2.24, 2.45) is 5.14 Å². The van der Waals surface area contributed by atoms with Gasteiger partial charge in [0.2, 0.25) is 10.0 Å². The number of sulfonamides is 1. The number of halogens is 3. The third-order valence-electron chi connectivity index (χ3n) is 1.61. The SMILES string of the molecule is N#Cc1cnc(C(F)F)c(F)c1S(N)(=O)=O. The standard InChI is InChI=1S/C7H4F3N3O2S/c8-4-5(7(9)10)13-2-3(1-11)6(4)16(12,14)15/h2,7H,(H2,12,14,15). The lowest BCUT2D eigenvalue weighted by molar-refractivity contribution is 0.139. The minimum Gasteiger partial charge on any atom is -0.251 e. The largest absolute Gasteiger partial charge is 0.283 e. The van der Waals surface area contributed by atoms with Gasteiger partial charge >= 0.3 is 0 Å². The summed E-state index contributed by atoms with van der Waals surface area (Å²) in [5, 5.41) is 13.1. The molecule has 2 N–H and O–H groups in total. The molecular formula is C7H4F3N3O2S.